The smallest absolute Gasteiger partial charge is 0.251 e. The molecule has 4 nitrogen and oxygen atoms in total. The van der Waals surface area contributed by atoms with Crippen molar-refractivity contribution in [3.05, 3.63) is 29.6 Å². The van der Waals surface area contributed by atoms with Crippen molar-refractivity contribution in [1.29, 1.82) is 0 Å². The van der Waals surface area contributed by atoms with Crippen molar-refractivity contribution in [3.63, 3.8) is 0 Å². The second kappa shape index (κ2) is 7.09. The lowest BCUT2D eigenvalue weighted by Gasteiger charge is -2.18. The fourth-order valence-electron chi connectivity index (χ4n) is 1.82. The summed E-state index contributed by atoms with van der Waals surface area (Å²) < 4.78 is 18.3. The third-order valence-electron chi connectivity index (χ3n) is 2.73. The Labute approximate surface area is 112 Å². The molecular weight excluding hydrogens is 249 g/mol. The number of carbonyl (C=O) groups excluding carboxylic acids is 1. The number of hydrogen-bond donors (Lipinski definition) is 2. The number of aliphatic hydroxyl groups is 1. The molecule has 0 aliphatic heterocycles. The van der Waals surface area contributed by atoms with E-state index in [9.17, 15) is 14.3 Å². The second-order valence-electron chi connectivity index (χ2n) is 4.83. The van der Waals surface area contributed by atoms with Crippen molar-refractivity contribution in [1.82, 2.24) is 5.32 Å². The number of halogens is 1. The van der Waals surface area contributed by atoms with Crippen molar-refractivity contribution < 1.29 is 19.0 Å². The number of amides is 1. The molecule has 0 spiro atoms. The van der Waals surface area contributed by atoms with Crippen LogP contribution < -0.4 is 10.1 Å². The summed E-state index contributed by atoms with van der Waals surface area (Å²) in [5.41, 5.74) is 0.209. The molecular formula is C14H20FNO3. The van der Waals surface area contributed by atoms with Gasteiger partial charge in [0.1, 0.15) is 0 Å². The standard InChI is InChI=1S/C14H20FNO3/c1-9(2)6-11(8-17)16-14(18)10-4-5-13(19-3)12(15)7-10/h4-5,7,9,11,17H,6,8H2,1-3H3,(H,16,18). The lowest BCUT2D eigenvalue weighted by Crippen LogP contribution is -2.38. The zero-order chi connectivity index (χ0) is 14.4. The van der Waals surface area contributed by atoms with E-state index in [1.165, 1.54) is 19.2 Å². The maximum atomic E-state index is 13.5. The van der Waals surface area contributed by atoms with Gasteiger partial charge in [0.25, 0.3) is 5.91 Å². The number of hydrogen-bond acceptors (Lipinski definition) is 3. The Morgan fingerprint density at radius 1 is 1.47 bits per heavy atom. The molecule has 0 fully saturated rings. The number of rotatable bonds is 6. The van der Waals surface area contributed by atoms with Crippen LogP contribution in [-0.4, -0.2) is 30.8 Å². The molecule has 19 heavy (non-hydrogen) atoms. The molecule has 1 atom stereocenters. The van der Waals surface area contributed by atoms with Crippen LogP contribution in [0.4, 0.5) is 4.39 Å². The summed E-state index contributed by atoms with van der Waals surface area (Å²) in [6, 6.07) is 3.69. The molecule has 0 bridgehead atoms. The first-order valence-electron chi connectivity index (χ1n) is 6.23. The molecule has 1 aromatic rings. The number of methoxy groups -OCH3 is 1. The maximum Gasteiger partial charge on any atom is 0.251 e. The average Bonchev–Trinajstić information content (AvgIpc) is 2.37. The molecule has 0 heterocycles. The van der Waals surface area contributed by atoms with Crippen LogP contribution in [0, 0.1) is 11.7 Å². The van der Waals surface area contributed by atoms with Gasteiger partial charge in [-0.2, -0.15) is 0 Å². The van der Waals surface area contributed by atoms with Gasteiger partial charge in [-0.1, -0.05) is 13.8 Å². The largest absolute Gasteiger partial charge is 0.494 e. The highest BCUT2D eigenvalue weighted by atomic mass is 19.1. The van der Waals surface area contributed by atoms with E-state index in [0.717, 1.165) is 6.07 Å². The van der Waals surface area contributed by atoms with E-state index < -0.39 is 11.7 Å². The number of ether oxygens (including phenoxy) is 1. The summed E-state index contributed by atoms with van der Waals surface area (Å²) in [5, 5.41) is 11.9. The first-order chi connectivity index (χ1) is 8.97. The zero-order valence-electron chi connectivity index (χ0n) is 11.4. The third kappa shape index (κ3) is 4.52. The molecule has 5 heteroatoms. The van der Waals surface area contributed by atoms with Gasteiger partial charge in [-0.05, 0) is 30.5 Å². The molecule has 0 aromatic heterocycles. The van der Waals surface area contributed by atoms with Crippen LogP contribution in [-0.2, 0) is 0 Å². The van der Waals surface area contributed by atoms with Crippen LogP contribution in [0.15, 0.2) is 18.2 Å². The molecule has 1 aromatic carbocycles. The predicted octanol–water partition coefficient (Wildman–Crippen LogP) is 1.97. The SMILES string of the molecule is COc1ccc(C(=O)NC(CO)CC(C)C)cc1F. The maximum absolute atomic E-state index is 13.5. The first kappa shape index (κ1) is 15.4. The summed E-state index contributed by atoms with van der Waals surface area (Å²) in [6.07, 6.45) is 0.668. The van der Waals surface area contributed by atoms with E-state index in [1.54, 1.807) is 0 Å². The fraction of sp³-hybridized carbons (Fsp3) is 0.500. The minimum atomic E-state index is -0.584. The molecule has 0 radical (unpaired) electrons. The van der Waals surface area contributed by atoms with Crippen molar-refractivity contribution in [2.24, 2.45) is 5.92 Å². The van der Waals surface area contributed by atoms with Crippen LogP contribution in [0.1, 0.15) is 30.6 Å². The van der Waals surface area contributed by atoms with E-state index in [2.05, 4.69) is 5.32 Å². The molecule has 0 saturated heterocycles. The first-order valence-corrected chi connectivity index (χ1v) is 6.23. The number of nitrogens with one attached hydrogen (secondary N) is 1. The zero-order valence-corrected chi connectivity index (χ0v) is 11.4. The molecule has 0 aliphatic rings. The summed E-state index contributed by atoms with van der Waals surface area (Å²) in [4.78, 5) is 11.9. The van der Waals surface area contributed by atoms with Crippen molar-refractivity contribution in [3.8, 4) is 5.75 Å². The Hall–Kier alpha value is -1.62. The normalized spacial score (nSPS) is 12.3. The number of carbonyl (C=O) groups is 1. The van der Waals surface area contributed by atoms with Crippen LogP contribution in [0.25, 0.3) is 0 Å². The lowest BCUT2D eigenvalue weighted by molar-refractivity contribution is 0.0908. The highest BCUT2D eigenvalue weighted by molar-refractivity contribution is 5.94. The molecule has 1 amide bonds. The van der Waals surface area contributed by atoms with Crippen LogP contribution in [0.2, 0.25) is 0 Å². The van der Waals surface area contributed by atoms with Crippen LogP contribution >= 0.6 is 0 Å². The second-order valence-corrected chi connectivity index (χ2v) is 4.83. The highest BCUT2D eigenvalue weighted by Gasteiger charge is 2.15. The van der Waals surface area contributed by atoms with Gasteiger partial charge in [-0.25, -0.2) is 4.39 Å². The summed E-state index contributed by atoms with van der Waals surface area (Å²) in [7, 11) is 1.36. The van der Waals surface area contributed by atoms with Crippen LogP contribution in [0.5, 0.6) is 5.75 Å². The van der Waals surface area contributed by atoms with E-state index in [4.69, 9.17) is 4.74 Å². The molecule has 1 unspecified atom stereocenters. The van der Waals surface area contributed by atoms with Crippen molar-refractivity contribution >= 4 is 5.91 Å². The third-order valence-corrected chi connectivity index (χ3v) is 2.73. The lowest BCUT2D eigenvalue weighted by atomic mass is 10.0. The van der Waals surface area contributed by atoms with E-state index in [0.29, 0.717) is 12.3 Å². The summed E-state index contributed by atoms with van der Waals surface area (Å²) in [6.45, 7) is 3.87. The van der Waals surface area contributed by atoms with Gasteiger partial charge in [0.2, 0.25) is 0 Å². The number of benzene rings is 1. The Morgan fingerprint density at radius 3 is 2.63 bits per heavy atom. The molecule has 0 saturated carbocycles. The van der Waals surface area contributed by atoms with Gasteiger partial charge in [0.05, 0.1) is 19.8 Å². The monoisotopic (exact) mass is 269 g/mol. The minimum Gasteiger partial charge on any atom is -0.494 e. The molecule has 2 N–H and O–H groups in total. The topological polar surface area (TPSA) is 58.6 Å². The molecule has 0 aliphatic carbocycles. The summed E-state index contributed by atoms with van der Waals surface area (Å²) >= 11 is 0. The average molecular weight is 269 g/mol. The van der Waals surface area contributed by atoms with E-state index in [1.807, 2.05) is 13.8 Å². The Kier molecular flexibility index (Phi) is 5.76. The highest BCUT2D eigenvalue weighted by Crippen LogP contribution is 2.17. The Balaban J connectivity index is 2.74. The van der Waals surface area contributed by atoms with Gasteiger partial charge in [0, 0.05) is 5.56 Å². The molecule has 106 valence electrons. The predicted molar refractivity (Wildman–Crippen MR) is 70.7 cm³/mol. The van der Waals surface area contributed by atoms with Gasteiger partial charge in [-0.15, -0.1) is 0 Å². The van der Waals surface area contributed by atoms with Crippen molar-refractivity contribution in [2.45, 2.75) is 26.3 Å². The Morgan fingerprint density at radius 2 is 2.16 bits per heavy atom. The minimum absolute atomic E-state index is 0.0949. The summed E-state index contributed by atoms with van der Waals surface area (Å²) in [5.74, 6) is -0.539. The van der Waals surface area contributed by atoms with E-state index >= 15 is 0 Å². The van der Waals surface area contributed by atoms with Crippen molar-refractivity contribution in [2.75, 3.05) is 13.7 Å². The fourth-order valence-corrected chi connectivity index (χ4v) is 1.82. The van der Waals surface area contributed by atoms with Gasteiger partial charge in [-0.3, -0.25) is 4.79 Å². The number of aliphatic hydroxyl groups excluding tert-OH is 1. The van der Waals surface area contributed by atoms with Gasteiger partial charge in [0.15, 0.2) is 11.6 Å². The quantitative estimate of drug-likeness (QED) is 0.830. The van der Waals surface area contributed by atoms with E-state index in [-0.39, 0.29) is 24.0 Å². The van der Waals surface area contributed by atoms with Crippen LogP contribution in [0.3, 0.4) is 0 Å². The molecule has 1 rings (SSSR count). The van der Waals surface area contributed by atoms with Gasteiger partial charge >= 0.3 is 0 Å². The Bertz CT molecular complexity index is 435. The van der Waals surface area contributed by atoms with Gasteiger partial charge < -0.3 is 15.2 Å².